The maximum atomic E-state index is 7.77. The van der Waals surface area contributed by atoms with Gasteiger partial charge in [0.2, 0.25) is 0 Å². The van der Waals surface area contributed by atoms with Crippen molar-refractivity contribution in [2.45, 2.75) is 13.0 Å². The lowest BCUT2D eigenvalue weighted by Gasteiger charge is -1.90. The fourth-order valence-electron chi connectivity index (χ4n) is 0.111. The first kappa shape index (κ1) is 6.66. The second-order valence-corrected chi connectivity index (χ2v) is 1.39. The molecule has 0 fully saturated rings. The monoisotopic (exact) mass is 116 g/mol. The Balaban J connectivity index is 3.35. The largest absolute Gasteiger partial charge is 0.174 e. The van der Waals surface area contributed by atoms with E-state index >= 15 is 0 Å². The quantitative estimate of drug-likeness (QED) is 0.247. The van der Waals surface area contributed by atoms with Gasteiger partial charge in [0.05, 0.1) is 0 Å². The summed E-state index contributed by atoms with van der Waals surface area (Å²) in [5, 5.41) is 3.29. The Hall–Kier alpha value is -0.340. The Morgan fingerprint density at radius 3 is 2.71 bits per heavy atom. The normalized spacial score (nSPS) is 12.3. The fourth-order valence-corrected chi connectivity index (χ4v) is 0.171. The van der Waals surface area contributed by atoms with E-state index in [4.69, 9.17) is 5.53 Å². The zero-order chi connectivity index (χ0) is 5.70. The molecule has 0 aromatic rings. The molecular weight excluding hydrogens is 110 g/mol. The molecule has 0 aliphatic rings. The Morgan fingerprint density at radius 2 is 2.57 bits per heavy atom. The van der Waals surface area contributed by atoms with E-state index in [1.54, 1.807) is 6.92 Å². The number of thiol groups is 1. The Bertz CT molecular complexity index is 86.2. The van der Waals surface area contributed by atoms with Crippen molar-refractivity contribution in [2.24, 2.45) is 5.11 Å². The van der Waals surface area contributed by atoms with Gasteiger partial charge in [-0.2, -0.15) is 12.6 Å². The summed E-state index contributed by atoms with van der Waals surface area (Å²) >= 11 is 3.76. The standard InChI is InChI=1S/C3H6N3S/c1-3(2-7)5-6-4/h2-3,7H,1H3. The maximum absolute atomic E-state index is 7.77. The van der Waals surface area contributed by atoms with E-state index in [1.807, 2.05) is 0 Å². The van der Waals surface area contributed by atoms with Crippen molar-refractivity contribution < 1.29 is 0 Å². The maximum Gasteiger partial charge on any atom is 0.0472 e. The van der Waals surface area contributed by atoms with Crippen LogP contribution in [0.3, 0.4) is 0 Å². The van der Waals surface area contributed by atoms with Crippen LogP contribution in [0.4, 0.5) is 0 Å². The summed E-state index contributed by atoms with van der Waals surface area (Å²) in [6.45, 7) is 1.76. The van der Waals surface area contributed by atoms with Crippen LogP contribution in [-0.2, 0) is 0 Å². The molecule has 0 aromatic heterocycles. The molecule has 1 unspecified atom stereocenters. The average Bonchev–Trinajstić information content (AvgIpc) is 1.68. The second kappa shape index (κ2) is 3.84. The molecule has 4 heteroatoms. The zero-order valence-electron chi connectivity index (χ0n) is 3.94. The first-order valence-corrected chi connectivity index (χ1v) is 2.34. The van der Waals surface area contributed by atoms with Crippen LogP contribution in [-0.4, -0.2) is 6.04 Å². The highest BCUT2D eigenvalue weighted by Crippen LogP contribution is 1.96. The first-order chi connectivity index (χ1) is 3.31. The molecule has 0 aliphatic heterocycles. The van der Waals surface area contributed by atoms with E-state index in [9.17, 15) is 0 Å². The highest BCUT2D eigenvalue weighted by atomic mass is 32.1. The van der Waals surface area contributed by atoms with Gasteiger partial charge >= 0.3 is 0 Å². The number of hydrogen-bond acceptors (Lipinski definition) is 2. The molecule has 0 saturated heterocycles. The highest BCUT2D eigenvalue weighted by molar-refractivity contribution is 7.82. The van der Waals surface area contributed by atoms with Gasteiger partial charge in [0.1, 0.15) is 0 Å². The number of nitrogens with zero attached hydrogens (tertiary/aromatic N) is 3. The molecule has 3 nitrogen and oxygen atoms in total. The molecule has 39 valence electrons. The van der Waals surface area contributed by atoms with E-state index in [0.29, 0.717) is 0 Å². The summed E-state index contributed by atoms with van der Waals surface area (Å²) < 4.78 is 0. The Morgan fingerprint density at radius 1 is 2.00 bits per heavy atom. The summed E-state index contributed by atoms with van der Waals surface area (Å²) in [5.41, 5.74) is 7.77. The smallest absolute Gasteiger partial charge is 0.0472 e. The third-order valence-corrected chi connectivity index (χ3v) is 0.881. The van der Waals surface area contributed by atoms with E-state index in [0.717, 1.165) is 0 Å². The van der Waals surface area contributed by atoms with Gasteiger partial charge in [0.25, 0.3) is 0 Å². The van der Waals surface area contributed by atoms with Crippen molar-refractivity contribution in [2.75, 3.05) is 0 Å². The van der Waals surface area contributed by atoms with Gasteiger partial charge in [-0.25, -0.2) is 0 Å². The molecule has 0 aliphatic carbocycles. The minimum Gasteiger partial charge on any atom is -0.174 e. The molecule has 0 bridgehead atoms. The molecule has 0 heterocycles. The molecule has 0 aromatic carbocycles. The summed E-state index contributed by atoms with van der Waals surface area (Å²) in [5.74, 6) is 1.53. The van der Waals surface area contributed by atoms with Crippen molar-refractivity contribution >= 4 is 12.6 Å². The Labute approximate surface area is 47.8 Å². The van der Waals surface area contributed by atoms with E-state index in [-0.39, 0.29) is 6.04 Å². The molecule has 0 rings (SSSR count). The number of azide groups is 1. The summed E-state index contributed by atoms with van der Waals surface area (Å²) in [4.78, 5) is 2.55. The minimum atomic E-state index is -0.103. The SMILES string of the molecule is CC([CH]S)N=[N+]=[N-]. The molecule has 0 amide bonds. The third kappa shape index (κ3) is 3.49. The minimum absolute atomic E-state index is 0.103. The van der Waals surface area contributed by atoms with Gasteiger partial charge < -0.3 is 0 Å². The molecule has 0 saturated carbocycles. The van der Waals surface area contributed by atoms with E-state index < -0.39 is 0 Å². The van der Waals surface area contributed by atoms with Crippen molar-refractivity contribution in [3.63, 3.8) is 0 Å². The van der Waals surface area contributed by atoms with Crippen LogP contribution >= 0.6 is 12.6 Å². The lowest BCUT2D eigenvalue weighted by molar-refractivity contribution is 0.895. The first-order valence-electron chi connectivity index (χ1n) is 1.83. The molecular formula is C3H6N3S. The van der Waals surface area contributed by atoms with Crippen LogP contribution in [0.2, 0.25) is 0 Å². The summed E-state index contributed by atoms with van der Waals surface area (Å²) in [6, 6.07) is -0.103. The molecule has 7 heavy (non-hydrogen) atoms. The number of hydrogen-bond donors (Lipinski definition) is 1. The van der Waals surface area contributed by atoms with Crippen molar-refractivity contribution in [1.29, 1.82) is 0 Å². The highest BCUT2D eigenvalue weighted by Gasteiger charge is 1.89. The summed E-state index contributed by atoms with van der Waals surface area (Å²) in [6.07, 6.45) is 0. The van der Waals surface area contributed by atoms with Crippen LogP contribution in [0, 0.1) is 5.75 Å². The fraction of sp³-hybridized carbons (Fsp3) is 0.667. The van der Waals surface area contributed by atoms with Gasteiger partial charge in [-0.15, -0.1) is 0 Å². The van der Waals surface area contributed by atoms with Crippen molar-refractivity contribution in [3.05, 3.63) is 16.2 Å². The Kier molecular flexibility index (Phi) is 3.65. The van der Waals surface area contributed by atoms with Crippen molar-refractivity contribution in [3.8, 4) is 0 Å². The van der Waals surface area contributed by atoms with Gasteiger partial charge in [-0.05, 0) is 5.53 Å². The van der Waals surface area contributed by atoms with Crippen LogP contribution in [0.15, 0.2) is 5.11 Å². The topological polar surface area (TPSA) is 48.8 Å². The molecule has 1 radical (unpaired) electrons. The van der Waals surface area contributed by atoms with Crippen LogP contribution in [0.1, 0.15) is 6.92 Å². The zero-order valence-corrected chi connectivity index (χ0v) is 4.84. The van der Waals surface area contributed by atoms with Gasteiger partial charge in [0.15, 0.2) is 0 Å². The third-order valence-electron chi connectivity index (χ3n) is 0.450. The van der Waals surface area contributed by atoms with Gasteiger partial charge in [-0.3, -0.25) is 0 Å². The molecule has 1 atom stereocenters. The average molecular weight is 116 g/mol. The summed E-state index contributed by atoms with van der Waals surface area (Å²) in [7, 11) is 0. The van der Waals surface area contributed by atoms with Gasteiger partial charge in [0, 0.05) is 16.7 Å². The van der Waals surface area contributed by atoms with E-state index in [1.165, 1.54) is 5.75 Å². The molecule has 0 spiro atoms. The lowest BCUT2D eigenvalue weighted by Crippen LogP contribution is -1.88. The van der Waals surface area contributed by atoms with E-state index in [2.05, 4.69) is 22.7 Å². The number of rotatable bonds is 2. The van der Waals surface area contributed by atoms with Crippen LogP contribution < -0.4 is 0 Å². The van der Waals surface area contributed by atoms with Crippen LogP contribution in [0.5, 0.6) is 0 Å². The van der Waals surface area contributed by atoms with Gasteiger partial charge in [-0.1, -0.05) is 12.0 Å². The lowest BCUT2D eigenvalue weighted by atomic mass is 10.4. The predicted molar refractivity (Wildman–Crippen MR) is 31.9 cm³/mol. The predicted octanol–water partition coefficient (Wildman–Crippen LogP) is 1.78. The molecule has 0 N–H and O–H groups in total. The van der Waals surface area contributed by atoms with Crippen LogP contribution in [0.25, 0.3) is 10.4 Å². The second-order valence-electron chi connectivity index (χ2n) is 1.09. The van der Waals surface area contributed by atoms with Crippen molar-refractivity contribution in [1.82, 2.24) is 0 Å².